The van der Waals surface area contributed by atoms with E-state index in [1.807, 2.05) is 66.7 Å². The largest absolute Gasteiger partial charge is 0.497 e. The van der Waals surface area contributed by atoms with Crippen molar-refractivity contribution in [2.24, 2.45) is 0 Å². The molecule has 0 bridgehead atoms. The molecule has 5 nitrogen and oxygen atoms in total. The minimum Gasteiger partial charge on any atom is -0.497 e. The Labute approximate surface area is 201 Å². The van der Waals surface area contributed by atoms with Crippen LogP contribution < -0.4 is 9.47 Å². The number of aryl methyl sites for hydroxylation is 1. The molecule has 0 aliphatic rings. The summed E-state index contributed by atoms with van der Waals surface area (Å²) in [6.07, 6.45) is 7.38. The number of benzene rings is 2. The van der Waals surface area contributed by atoms with Gasteiger partial charge < -0.3 is 14.6 Å². The minimum absolute atomic E-state index is 0.00488. The number of aromatic nitrogens is 1. The van der Waals surface area contributed by atoms with Crippen LogP contribution in [0.2, 0.25) is 0 Å². The first-order valence-corrected chi connectivity index (χ1v) is 11.4. The van der Waals surface area contributed by atoms with Crippen LogP contribution in [-0.2, 0) is 11.2 Å². The second-order valence-corrected chi connectivity index (χ2v) is 7.67. The van der Waals surface area contributed by atoms with Gasteiger partial charge in [0.25, 0.3) is 0 Å². The predicted molar refractivity (Wildman–Crippen MR) is 134 cm³/mol. The molecule has 1 heterocycles. The van der Waals surface area contributed by atoms with E-state index in [0.717, 1.165) is 36.1 Å². The van der Waals surface area contributed by atoms with E-state index in [0.29, 0.717) is 30.2 Å². The number of nitrogens with zero attached hydrogens (tertiary/aromatic N) is 1. The standard InChI is InChI=1S/C29H29NO4/c1-33-26-17-13-24(14-18-26)11-5-2-3-8-22-34-28-20-16-25(30-27(28)19-21-29(31)32)15-12-23-9-6-4-7-10-23/h4-7,9-11,13-14,16-18,20H,2-3,8,19,21-22H2,1H3,(H,31,32)/b11-5+. The molecule has 5 heteroatoms. The molecule has 2 aromatic carbocycles. The monoisotopic (exact) mass is 455 g/mol. The highest BCUT2D eigenvalue weighted by Crippen LogP contribution is 2.20. The van der Waals surface area contributed by atoms with Crippen molar-refractivity contribution in [3.63, 3.8) is 0 Å². The molecule has 0 saturated heterocycles. The summed E-state index contributed by atoms with van der Waals surface area (Å²) < 4.78 is 11.1. The maximum Gasteiger partial charge on any atom is 0.303 e. The third-order valence-corrected chi connectivity index (χ3v) is 5.07. The highest BCUT2D eigenvalue weighted by Gasteiger charge is 2.09. The van der Waals surface area contributed by atoms with Crippen molar-refractivity contribution in [1.29, 1.82) is 0 Å². The SMILES string of the molecule is COc1ccc(/C=C/CCCCOc2ccc(C#Cc3ccccc3)nc2CCC(=O)O)cc1. The summed E-state index contributed by atoms with van der Waals surface area (Å²) in [4.78, 5) is 15.6. The van der Waals surface area contributed by atoms with E-state index in [1.165, 1.54) is 0 Å². The van der Waals surface area contributed by atoms with E-state index in [1.54, 1.807) is 7.11 Å². The summed E-state index contributed by atoms with van der Waals surface area (Å²) in [6, 6.07) is 21.3. The summed E-state index contributed by atoms with van der Waals surface area (Å²) in [5.41, 5.74) is 3.27. The van der Waals surface area contributed by atoms with Crippen LogP contribution in [0.15, 0.2) is 72.8 Å². The zero-order chi connectivity index (χ0) is 24.0. The van der Waals surface area contributed by atoms with Crippen molar-refractivity contribution in [2.45, 2.75) is 32.1 Å². The number of unbranched alkanes of at least 4 members (excludes halogenated alkanes) is 2. The fourth-order valence-corrected chi connectivity index (χ4v) is 3.23. The molecular weight excluding hydrogens is 426 g/mol. The summed E-state index contributed by atoms with van der Waals surface area (Å²) >= 11 is 0. The average molecular weight is 456 g/mol. The molecule has 0 aliphatic carbocycles. The third kappa shape index (κ3) is 8.48. The zero-order valence-electron chi connectivity index (χ0n) is 19.4. The van der Waals surface area contributed by atoms with Gasteiger partial charge in [0.1, 0.15) is 17.2 Å². The maximum absolute atomic E-state index is 11.1. The minimum atomic E-state index is -0.864. The van der Waals surface area contributed by atoms with E-state index in [9.17, 15) is 4.79 Å². The van der Waals surface area contributed by atoms with Crippen molar-refractivity contribution in [3.8, 4) is 23.3 Å². The van der Waals surface area contributed by atoms with E-state index in [-0.39, 0.29) is 6.42 Å². The fourth-order valence-electron chi connectivity index (χ4n) is 3.23. The Hall–Kier alpha value is -4.04. The van der Waals surface area contributed by atoms with Crippen LogP contribution in [0.4, 0.5) is 0 Å². The highest BCUT2D eigenvalue weighted by atomic mass is 16.5. The van der Waals surface area contributed by atoms with Crippen molar-refractivity contribution >= 4 is 12.0 Å². The molecule has 1 aromatic heterocycles. The number of hydrogen-bond donors (Lipinski definition) is 1. The van der Waals surface area contributed by atoms with Gasteiger partial charge in [-0.05, 0) is 67.1 Å². The van der Waals surface area contributed by atoms with Crippen molar-refractivity contribution < 1.29 is 19.4 Å². The summed E-state index contributed by atoms with van der Waals surface area (Å²) in [6.45, 7) is 0.549. The normalized spacial score (nSPS) is 10.5. The van der Waals surface area contributed by atoms with Gasteiger partial charge in [0.2, 0.25) is 0 Å². The summed E-state index contributed by atoms with van der Waals surface area (Å²) in [5, 5.41) is 9.08. The number of carboxylic acids is 1. The number of pyridine rings is 1. The summed E-state index contributed by atoms with van der Waals surface area (Å²) in [5.74, 6) is 6.74. The van der Waals surface area contributed by atoms with Gasteiger partial charge in [0, 0.05) is 12.0 Å². The Balaban J connectivity index is 1.51. The average Bonchev–Trinajstić information content (AvgIpc) is 2.87. The number of carboxylic acid groups (broad SMARTS) is 1. The van der Waals surface area contributed by atoms with Gasteiger partial charge in [-0.2, -0.15) is 0 Å². The predicted octanol–water partition coefficient (Wildman–Crippen LogP) is 5.77. The van der Waals surface area contributed by atoms with Crippen LogP contribution in [0, 0.1) is 11.8 Å². The first-order chi connectivity index (χ1) is 16.6. The molecule has 34 heavy (non-hydrogen) atoms. The van der Waals surface area contributed by atoms with E-state index in [4.69, 9.17) is 14.6 Å². The van der Waals surface area contributed by atoms with Gasteiger partial charge >= 0.3 is 5.97 Å². The number of carbonyl (C=O) groups is 1. The van der Waals surface area contributed by atoms with Crippen LogP contribution in [0.1, 0.15) is 48.2 Å². The first kappa shape index (κ1) is 24.6. The lowest BCUT2D eigenvalue weighted by Crippen LogP contribution is -2.05. The number of allylic oxidation sites excluding steroid dienone is 1. The van der Waals surface area contributed by atoms with Gasteiger partial charge in [-0.15, -0.1) is 0 Å². The lowest BCUT2D eigenvalue weighted by atomic mass is 10.1. The molecular formula is C29H29NO4. The number of aliphatic carboxylic acids is 1. The molecule has 0 atom stereocenters. The van der Waals surface area contributed by atoms with Crippen LogP contribution in [0.5, 0.6) is 11.5 Å². The van der Waals surface area contributed by atoms with Crippen molar-refractivity contribution in [2.75, 3.05) is 13.7 Å². The topological polar surface area (TPSA) is 68.7 Å². The Bertz CT molecular complexity index is 1140. The van der Waals surface area contributed by atoms with Crippen LogP contribution >= 0.6 is 0 Å². The molecule has 3 aromatic rings. The lowest BCUT2D eigenvalue weighted by Gasteiger charge is -2.10. The van der Waals surface area contributed by atoms with Gasteiger partial charge in [-0.1, -0.05) is 48.4 Å². The second-order valence-electron chi connectivity index (χ2n) is 7.67. The molecule has 1 N–H and O–H groups in total. The van der Waals surface area contributed by atoms with Crippen LogP contribution in [0.3, 0.4) is 0 Å². The number of methoxy groups -OCH3 is 1. The molecule has 0 aliphatic heterocycles. The Morgan fingerprint density at radius 2 is 1.79 bits per heavy atom. The van der Waals surface area contributed by atoms with Crippen molar-refractivity contribution in [1.82, 2.24) is 4.98 Å². The molecule has 0 spiro atoms. The third-order valence-electron chi connectivity index (χ3n) is 5.07. The fraction of sp³-hybridized carbons (Fsp3) is 0.241. The zero-order valence-corrected chi connectivity index (χ0v) is 19.4. The number of rotatable bonds is 11. The van der Waals surface area contributed by atoms with E-state index in [2.05, 4.69) is 29.0 Å². The molecule has 0 saturated carbocycles. The summed E-state index contributed by atoms with van der Waals surface area (Å²) in [7, 11) is 1.66. The Morgan fingerprint density at radius 3 is 2.53 bits per heavy atom. The van der Waals surface area contributed by atoms with Crippen molar-refractivity contribution in [3.05, 3.63) is 95.3 Å². The van der Waals surface area contributed by atoms with Gasteiger partial charge in [0.05, 0.1) is 25.8 Å². The van der Waals surface area contributed by atoms with Gasteiger partial charge in [-0.3, -0.25) is 4.79 Å². The Morgan fingerprint density at radius 1 is 1.00 bits per heavy atom. The number of hydrogen-bond acceptors (Lipinski definition) is 4. The van der Waals surface area contributed by atoms with E-state index >= 15 is 0 Å². The lowest BCUT2D eigenvalue weighted by molar-refractivity contribution is -0.136. The van der Waals surface area contributed by atoms with Crippen LogP contribution in [-0.4, -0.2) is 29.8 Å². The quantitative estimate of drug-likeness (QED) is 0.294. The maximum atomic E-state index is 11.1. The first-order valence-electron chi connectivity index (χ1n) is 11.4. The van der Waals surface area contributed by atoms with Gasteiger partial charge in [0.15, 0.2) is 0 Å². The molecule has 174 valence electrons. The molecule has 0 fully saturated rings. The smallest absolute Gasteiger partial charge is 0.303 e. The molecule has 3 rings (SSSR count). The van der Waals surface area contributed by atoms with Gasteiger partial charge in [-0.25, -0.2) is 4.98 Å². The molecule has 0 amide bonds. The molecule has 0 unspecified atom stereocenters. The number of ether oxygens (including phenoxy) is 2. The highest BCUT2D eigenvalue weighted by molar-refractivity contribution is 5.67. The second kappa shape index (κ2) is 13.5. The molecule has 0 radical (unpaired) electrons. The Kier molecular flexibility index (Phi) is 9.76. The van der Waals surface area contributed by atoms with Crippen LogP contribution in [0.25, 0.3) is 6.08 Å². The van der Waals surface area contributed by atoms with E-state index < -0.39 is 5.97 Å².